The van der Waals surface area contributed by atoms with Gasteiger partial charge in [0, 0.05) is 18.5 Å². The van der Waals surface area contributed by atoms with Crippen LogP contribution in [0.1, 0.15) is 75.5 Å². The Labute approximate surface area is 207 Å². The number of hydrogen-bond donors (Lipinski definition) is 2. The molecule has 2 heterocycles. The number of sulfonamides is 1. The molecule has 4 rings (SSSR count). The number of aromatic nitrogens is 4. The van der Waals surface area contributed by atoms with Crippen LogP contribution < -0.4 is 10.5 Å². The van der Waals surface area contributed by atoms with Gasteiger partial charge in [-0.3, -0.25) is 0 Å². The zero-order valence-corrected chi connectivity index (χ0v) is 22.4. The molecule has 8 nitrogen and oxygen atoms in total. The first-order valence-electron chi connectivity index (χ1n) is 12.2. The second kappa shape index (κ2) is 10.6. The largest absolute Gasteiger partial charge is 0.382 e. The van der Waals surface area contributed by atoms with Crippen molar-refractivity contribution in [3.05, 3.63) is 46.3 Å². The van der Waals surface area contributed by atoms with Gasteiger partial charge in [0.1, 0.15) is 5.82 Å². The van der Waals surface area contributed by atoms with Crippen LogP contribution in [0.2, 0.25) is 0 Å². The number of nitrogens with zero attached hydrogens (tertiary/aromatic N) is 4. The molecule has 2 aromatic heterocycles. The van der Waals surface area contributed by atoms with Gasteiger partial charge in [0.2, 0.25) is 10.0 Å². The molecule has 0 radical (unpaired) electrons. The van der Waals surface area contributed by atoms with E-state index in [9.17, 15) is 12.8 Å². The van der Waals surface area contributed by atoms with Crippen molar-refractivity contribution in [2.75, 3.05) is 11.5 Å². The van der Waals surface area contributed by atoms with Gasteiger partial charge < -0.3 is 10.3 Å². The van der Waals surface area contributed by atoms with E-state index in [1.807, 2.05) is 13.8 Å². The molecule has 3 N–H and O–H groups in total. The number of aryl methyl sites for hydroxylation is 4. The number of hydrogen-bond acceptors (Lipinski definition) is 6. The Balaban J connectivity index is 0.00000167. The van der Waals surface area contributed by atoms with Crippen molar-refractivity contribution >= 4 is 27.0 Å². The average molecular weight is 505 g/mol. The molecule has 3 aromatic rings. The monoisotopic (exact) mass is 504 g/mol. The first-order valence-corrected chi connectivity index (χ1v) is 13.9. The predicted octanol–water partition coefficient (Wildman–Crippen LogP) is 4.07. The third-order valence-corrected chi connectivity index (χ3v) is 7.58. The minimum absolute atomic E-state index is 0.0230. The fourth-order valence-corrected chi connectivity index (χ4v) is 6.04. The molecule has 0 unspecified atom stereocenters. The van der Waals surface area contributed by atoms with Crippen LogP contribution in [-0.4, -0.2) is 39.2 Å². The highest BCUT2D eigenvalue weighted by atomic mass is 32.2. The summed E-state index contributed by atoms with van der Waals surface area (Å²) in [4.78, 5) is 12.2. The summed E-state index contributed by atoms with van der Waals surface area (Å²) in [5.41, 5.74) is 11.1. The second-order valence-corrected chi connectivity index (χ2v) is 11.7. The molecule has 1 aliphatic carbocycles. The number of anilines is 1. The van der Waals surface area contributed by atoms with E-state index in [-0.39, 0.29) is 17.2 Å². The summed E-state index contributed by atoms with van der Waals surface area (Å²) in [7, 11) is -3.46. The first-order chi connectivity index (χ1) is 16.4. The molecule has 0 amide bonds. The van der Waals surface area contributed by atoms with Gasteiger partial charge in [-0.2, -0.15) is 14.4 Å². The molecule has 1 aromatic carbocycles. The quantitative estimate of drug-likeness (QED) is 0.469. The summed E-state index contributed by atoms with van der Waals surface area (Å²) < 4.78 is 43.3. The Morgan fingerprint density at radius 3 is 2.43 bits per heavy atom. The van der Waals surface area contributed by atoms with Gasteiger partial charge in [-0.05, 0) is 75.6 Å². The zero-order chi connectivity index (χ0) is 26.0. The molecular formula is C25H37FN6O2S. The summed E-state index contributed by atoms with van der Waals surface area (Å²) in [6, 6.07) is 4.47. The van der Waals surface area contributed by atoms with Gasteiger partial charge in [0.15, 0.2) is 17.0 Å². The molecule has 0 saturated carbocycles. The molecule has 0 atom stereocenters. The standard InChI is InChI=1S/C23H31FN6O2S.C2H6/c1-14-11-15-7-5-8-16(15)12-17(14)13-18-26-19-20(25)27-22(24)28-21(19)30(18)9-6-10-33(31,32)29-23(2,3)4;1-2/h11-12,29H,5-10,13H2,1-4H3,(H2,25,27,28);1-2H3. The lowest BCUT2D eigenvalue weighted by molar-refractivity contribution is 0.488. The third kappa shape index (κ3) is 6.55. The Bertz CT molecular complexity index is 1310. The third-order valence-electron chi connectivity index (χ3n) is 5.83. The van der Waals surface area contributed by atoms with Gasteiger partial charge in [0.05, 0.1) is 5.75 Å². The number of imidazole rings is 1. The van der Waals surface area contributed by atoms with Crippen molar-refractivity contribution in [3.63, 3.8) is 0 Å². The molecule has 35 heavy (non-hydrogen) atoms. The highest BCUT2D eigenvalue weighted by molar-refractivity contribution is 7.89. The van der Waals surface area contributed by atoms with E-state index in [2.05, 4.69) is 38.7 Å². The van der Waals surface area contributed by atoms with E-state index in [4.69, 9.17) is 5.73 Å². The van der Waals surface area contributed by atoms with E-state index in [0.29, 0.717) is 30.7 Å². The van der Waals surface area contributed by atoms with Gasteiger partial charge in [-0.25, -0.2) is 18.1 Å². The Hall–Kier alpha value is -2.59. The minimum atomic E-state index is -3.46. The van der Waals surface area contributed by atoms with Crippen LogP contribution >= 0.6 is 0 Å². The van der Waals surface area contributed by atoms with Crippen LogP contribution in [0.3, 0.4) is 0 Å². The number of benzene rings is 1. The highest BCUT2D eigenvalue weighted by Crippen LogP contribution is 2.28. The summed E-state index contributed by atoms with van der Waals surface area (Å²) in [6.07, 6.45) is 3.25. The predicted molar refractivity (Wildman–Crippen MR) is 138 cm³/mol. The lowest BCUT2D eigenvalue weighted by Crippen LogP contribution is -2.41. The van der Waals surface area contributed by atoms with Crippen LogP contribution in [0.4, 0.5) is 10.2 Å². The summed E-state index contributed by atoms with van der Waals surface area (Å²) in [6.45, 7) is 11.8. The first kappa shape index (κ1) is 27.0. The number of halogens is 1. The van der Waals surface area contributed by atoms with Gasteiger partial charge in [-0.15, -0.1) is 0 Å². The lowest BCUT2D eigenvalue weighted by atomic mass is 9.98. The van der Waals surface area contributed by atoms with E-state index in [1.54, 1.807) is 25.3 Å². The average Bonchev–Trinajstić information content (AvgIpc) is 3.32. The smallest absolute Gasteiger partial charge is 0.312 e. The fraction of sp³-hybridized carbons (Fsp3) is 0.560. The number of fused-ring (bicyclic) bond motifs is 2. The normalized spacial score (nSPS) is 13.6. The van der Waals surface area contributed by atoms with Crippen molar-refractivity contribution in [3.8, 4) is 0 Å². The number of nitrogens with one attached hydrogen (secondary N) is 1. The molecule has 0 bridgehead atoms. The Morgan fingerprint density at radius 2 is 1.77 bits per heavy atom. The maximum atomic E-state index is 14.0. The fourth-order valence-electron chi connectivity index (χ4n) is 4.50. The van der Waals surface area contributed by atoms with Gasteiger partial charge >= 0.3 is 6.08 Å². The number of rotatable bonds is 7. The topological polar surface area (TPSA) is 116 Å². The molecule has 192 valence electrons. The SMILES string of the molecule is CC.Cc1cc2c(cc1Cc1nc3c(N)nc(F)nc3n1CCCS(=O)(=O)NC(C)(C)C)CCC2. The molecule has 1 aliphatic rings. The maximum Gasteiger partial charge on any atom is 0.312 e. The van der Waals surface area contributed by atoms with Crippen molar-refractivity contribution in [2.45, 2.75) is 85.7 Å². The van der Waals surface area contributed by atoms with E-state index in [0.717, 1.165) is 18.4 Å². The van der Waals surface area contributed by atoms with Gasteiger partial charge in [0.25, 0.3) is 0 Å². The van der Waals surface area contributed by atoms with E-state index >= 15 is 0 Å². The van der Waals surface area contributed by atoms with E-state index < -0.39 is 21.6 Å². The summed E-state index contributed by atoms with van der Waals surface area (Å²) in [5, 5.41) is 0. The zero-order valence-electron chi connectivity index (χ0n) is 21.6. The van der Waals surface area contributed by atoms with Crippen molar-refractivity contribution in [1.29, 1.82) is 0 Å². The molecule has 0 aliphatic heterocycles. The van der Waals surface area contributed by atoms with Crippen LogP contribution in [0.5, 0.6) is 0 Å². The Kier molecular flexibility index (Phi) is 8.16. The minimum Gasteiger partial charge on any atom is -0.382 e. The van der Waals surface area contributed by atoms with Crippen LogP contribution in [0.15, 0.2) is 12.1 Å². The Morgan fingerprint density at radius 1 is 1.11 bits per heavy atom. The highest BCUT2D eigenvalue weighted by Gasteiger charge is 2.22. The number of nitrogen functional groups attached to an aromatic ring is 1. The van der Waals surface area contributed by atoms with Crippen LogP contribution in [0.25, 0.3) is 11.2 Å². The molecule has 10 heteroatoms. The second-order valence-electron chi connectivity index (χ2n) is 9.83. The van der Waals surface area contributed by atoms with Gasteiger partial charge in [-0.1, -0.05) is 26.0 Å². The molecule has 0 fully saturated rings. The van der Waals surface area contributed by atoms with Crippen LogP contribution in [-0.2, 0) is 35.8 Å². The van der Waals surface area contributed by atoms with Crippen LogP contribution in [0, 0.1) is 13.0 Å². The number of nitrogens with two attached hydrogens (primary N) is 1. The van der Waals surface area contributed by atoms with Crippen molar-refractivity contribution in [2.24, 2.45) is 0 Å². The van der Waals surface area contributed by atoms with Crippen molar-refractivity contribution < 1.29 is 12.8 Å². The van der Waals surface area contributed by atoms with E-state index in [1.165, 1.54) is 23.1 Å². The summed E-state index contributed by atoms with van der Waals surface area (Å²) in [5.74, 6) is 0.577. The molecular weight excluding hydrogens is 467 g/mol. The molecule has 0 spiro atoms. The maximum absolute atomic E-state index is 14.0. The van der Waals surface area contributed by atoms with Crippen molar-refractivity contribution in [1.82, 2.24) is 24.2 Å². The molecule has 0 saturated heterocycles. The summed E-state index contributed by atoms with van der Waals surface area (Å²) >= 11 is 0. The lowest BCUT2D eigenvalue weighted by Gasteiger charge is -2.20.